The zero-order valence-electron chi connectivity index (χ0n) is 12.2. The number of halogens is 1. The number of likely N-dealkylation sites (N-methyl/N-ethyl adjacent to an activating group) is 1. The summed E-state index contributed by atoms with van der Waals surface area (Å²) in [6.45, 7) is 3.79. The molecule has 1 unspecified atom stereocenters. The Bertz CT molecular complexity index is 427. The summed E-state index contributed by atoms with van der Waals surface area (Å²) in [7, 11) is 0. The molecule has 0 radical (unpaired) electrons. The predicted octanol–water partition coefficient (Wildman–Crippen LogP) is 4.59. The first-order chi connectivity index (χ1) is 9.79. The number of allylic oxidation sites excluding steroid dienone is 1. The molecule has 1 aromatic carbocycles. The molecule has 3 heteroatoms. The van der Waals surface area contributed by atoms with Crippen LogP contribution >= 0.6 is 11.6 Å². The van der Waals surface area contributed by atoms with Crippen LogP contribution in [0, 0.1) is 0 Å². The number of benzene rings is 1. The molecule has 110 valence electrons. The molecule has 1 atom stereocenters. The van der Waals surface area contributed by atoms with E-state index in [2.05, 4.69) is 18.3 Å². The van der Waals surface area contributed by atoms with E-state index in [0.717, 1.165) is 17.3 Å². The fourth-order valence-corrected chi connectivity index (χ4v) is 2.74. The first-order valence-electron chi connectivity index (χ1n) is 7.60. The minimum atomic E-state index is 0.328. The number of hydrogen-bond donors (Lipinski definition) is 1. The Kier molecular flexibility index (Phi) is 6.41. The second-order valence-electron chi connectivity index (χ2n) is 5.25. The SMILES string of the molecule is CCNC(COc1ccc(Cl)cc1)C1=CCCCCC1. The summed E-state index contributed by atoms with van der Waals surface area (Å²) < 4.78 is 5.91. The Hall–Kier alpha value is -0.990. The van der Waals surface area contributed by atoms with Gasteiger partial charge in [0.25, 0.3) is 0 Å². The average molecular weight is 294 g/mol. The molecule has 1 aliphatic carbocycles. The number of ether oxygens (including phenoxy) is 1. The van der Waals surface area contributed by atoms with Gasteiger partial charge in [0.1, 0.15) is 12.4 Å². The van der Waals surface area contributed by atoms with Crippen molar-refractivity contribution < 1.29 is 4.74 Å². The van der Waals surface area contributed by atoms with E-state index in [9.17, 15) is 0 Å². The maximum Gasteiger partial charge on any atom is 0.119 e. The van der Waals surface area contributed by atoms with Gasteiger partial charge >= 0.3 is 0 Å². The van der Waals surface area contributed by atoms with E-state index in [1.54, 1.807) is 0 Å². The standard InChI is InChI=1S/C17H24ClNO/c1-2-19-17(14-7-5-3-4-6-8-14)13-20-16-11-9-15(18)10-12-16/h7,9-12,17,19H,2-6,8,13H2,1H3. The third-order valence-corrected chi connectivity index (χ3v) is 3.96. The molecule has 0 heterocycles. The lowest BCUT2D eigenvalue weighted by Crippen LogP contribution is -2.36. The highest BCUT2D eigenvalue weighted by molar-refractivity contribution is 6.30. The summed E-state index contributed by atoms with van der Waals surface area (Å²) in [5.74, 6) is 0.881. The minimum Gasteiger partial charge on any atom is -0.492 e. The van der Waals surface area contributed by atoms with Crippen LogP contribution in [0.25, 0.3) is 0 Å². The van der Waals surface area contributed by atoms with Gasteiger partial charge in [-0.25, -0.2) is 0 Å². The summed E-state index contributed by atoms with van der Waals surface area (Å²) in [5.41, 5.74) is 1.51. The number of rotatable bonds is 6. The van der Waals surface area contributed by atoms with E-state index in [-0.39, 0.29) is 0 Å². The quantitative estimate of drug-likeness (QED) is 0.775. The Morgan fingerprint density at radius 2 is 2.00 bits per heavy atom. The largest absolute Gasteiger partial charge is 0.492 e. The Balaban J connectivity index is 1.94. The van der Waals surface area contributed by atoms with Gasteiger partial charge in [-0.05, 0) is 56.5 Å². The highest BCUT2D eigenvalue weighted by Gasteiger charge is 2.15. The average Bonchev–Trinajstić information content (AvgIpc) is 2.74. The van der Waals surface area contributed by atoms with E-state index in [4.69, 9.17) is 16.3 Å². The van der Waals surface area contributed by atoms with Crippen molar-refractivity contribution in [3.63, 3.8) is 0 Å². The fraction of sp³-hybridized carbons (Fsp3) is 0.529. The van der Waals surface area contributed by atoms with Crippen molar-refractivity contribution in [1.29, 1.82) is 0 Å². The third-order valence-electron chi connectivity index (χ3n) is 3.70. The normalized spacial score (nSPS) is 17.2. The molecule has 0 amide bonds. The van der Waals surface area contributed by atoms with Gasteiger partial charge in [0.2, 0.25) is 0 Å². The zero-order valence-corrected chi connectivity index (χ0v) is 13.0. The lowest BCUT2D eigenvalue weighted by atomic mass is 10.0. The highest BCUT2D eigenvalue weighted by Crippen LogP contribution is 2.21. The molecule has 2 nitrogen and oxygen atoms in total. The van der Waals surface area contributed by atoms with Crippen molar-refractivity contribution >= 4 is 11.6 Å². The maximum atomic E-state index is 5.91. The second kappa shape index (κ2) is 8.33. The lowest BCUT2D eigenvalue weighted by Gasteiger charge is -2.21. The van der Waals surface area contributed by atoms with Crippen LogP contribution in [-0.2, 0) is 0 Å². The van der Waals surface area contributed by atoms with Crippen LogP contribution in [0.2, 0.25) is 5.02 Å². The van der Waals surface area contributed by atoms with E-state index in [0.29, 0.717) is 12.6 Å². The zero-order chi connectivity index (χ0) is 14.2. The van der Waals surface area contributed by atoms with Gasteiger partial charge in [-0.15, -0.1) is 0 Å². The monoisotopic (exact) mass is 293 g/mol. The van der Waals surface area contributed by atoms with E-state index in [1.165, 1.54) is 37.7 Å². The Morgan fingerprint density at radius 3 is 2.75 bits per heavy atom. The number of hydrogen-bond acceptors (Lipinski definition) is 2. The van der Waals surface area contributed by atoms with Gasteiger partial charge in [0.05, 0.1) is 6.04 Å². The summed E-state index contributed by atoms with van der Waals surface area (Å²) in [6.07, 6.45) is 8.78. The topological polar surface area (TPSA) is 21.3 Å². The number of nitrogens with one attached hydrogen (secondary N) is 1. The molecular weight excluding hydrogens is 270 g/mol. The van der Waals surface area contributed by atoms with Crippen molar-refractivity contribution in [2.45, 2.75) is 45.1 Å². The van der Waals surface area contributed by atoms with E-state index in [1.807, 2.05) is 24.3 Å². The first-order valence-corrected chi connectivity index (χ1v) is 7.98. The Morgan fingerprint density at radius 1 is 1.20 bits per heavy atom. The van der Waals surface area contributed by atoms with Gasteiger partial charge < -0.3 is 10.1 Å². The molecular formula is C17H24ClNO. The molecule has 0 fully saturated rings. The lowest BCUT2D eigenvalue weighted by molar-refractivity contribution is 0.280. The van der Waals surface area contributed by atoms with Crippen molar-refractivity contribution in [3.8, 4) is 5.75 Å². The van der Waals surface area contributed by atoms with E-state index < -0.39 is 0 Å². The minimum absolute atomic E-state index is 0.328. The van der Waals surface area contributed by atoms with Crippen LogP contribution in [0.3, 0.4) is 0 Å². The molecule has 1 aliphatic rings. The van der Waals surface area contributed by atoms with Gasteiger partial charge in [0, 0.05) is 5.02 Å². The van der Waals surface area contributed by atoms with Crippen LogP contribution < -0.4 is 10.1 Å². The summed E-state index contributed by atoms with van der Waals surface area (Å²) >= 11 is 5.89. The second-order valence-corrected chi connectivity index (χ2v) is 5.69. The molecule has 1 N–H and O–H groups in total. The molecule has 20 heavy (non-hydrogen) atoms. The molecule has 0 saturated carbocycles. The molecule has 0 saturated heterocycles. The van der Waals surface area contributed by atoms with Crippen LogP contribution in [0.15, 0.2) is 35.9 Å². The smallest absolute Gasteiger partial charge is 0.119 e. The van der Waals surface area contributed by atoms with Crippen LogP contribution in [-0.4, -0.2) is 19.2 Å². The predicted molar refractivity (Wildman–Crippen MR) is 85.6 cm³/mol. The highest BCUT2D eigenvalue weighted by atomic mass is 35.5. The van der Waals surface area contributed by atoms with Crippen molar-refractivity contribution in [2.24, 2.45) is 0 Å². The van der Waals surface area contributed by atoms with Crippen molar-refractivity contribution in [2.75, 3.05) is 13.2 Å². The van der Waals surface area contributed by atoms with Gasteiger partial charge in [-0.3, -0.25) is 0 Å². The Labute approximate surface area is 127 Å². The molecule has 1 aromatic rings. The molecule has 0 spiro atoms. The first kappa shape index (κ1) is 15.4. The van der Waals surface area contributed by atoms with Crippen molar-refractivity contribution in [3.05, 3.63) is 40.9 Å². The summed E-state index contributed by atoms with van der Waals surface area (Å²) in [4.78, 5) is 0. The maximum absolute atomic E-state index is 5.91. The van der Waals surface area contributed by atoms with E-state index >= 15 is 0 Å². The summed E-state index contributed by atoms with van der Waals surface area (Å²) in [5, 5.41) is 4.29. The van der Waals surface area contributed by atoms with Crippen LogP contribution in [0.5, 0.6) is 5.75 Å². The van der Waals surface area contributed by atoms with Gasteiger partial charge in [0.15, 0.2) is 0 Å². The van der Waals surface area contributed by atoms with Crippen LogP contribution in [0.1, 0.15) is 39.0 Å². The fourth-order valence-electron chi connectivity index (χ4n) is 2.61. The third kappa shape index (κ3) is 4.84. The molecule has 2 rings (SSSR count). The van der Waals surface area contributed by atoms with Crippen LogP contribution in [0.4, 0.5) is 0 Å². The van der Waals surface area contributed by atoms with Gasteiger partial charge in [-0.2, -0.15) is 0 Å². The summed E-state index contributed by atoms with van der Waals surface area (Å²) in [6, 6.07) is 7.90. The molecule has 0 bridgehead atoms. The van der Waals surface area contributed by atoms with Gasteiger partial charge in [-0.1, -0.05) is 36.6 Å². The molecule has 0 aromatic heterocycles. The van der Waals surface area contributed by atoms with Crippen molar-refractivity contribution in [1.82, 2.24) is 5.32 Å². The molecule has 0 aliphatic heterocycles.